The number of hydrogen-bond acceptors (Lipinski definition) is 26. The maximum Gasteiger partial charge on any atom is 0.330 e. The molecule has 37 heteroatoms. The first kappa shape index (κ1) is 76.6. The van der Waals surface area contributed by atoms with Gasteiger partial charge in [0.25, 0.3) is 5.91 Å². The number of carboxylic acid groups (broad SMARTS) is 1. The third kappa shape index (κ3) is 16.5. The molecule has 7 aliphatic heterocycles. The summed E-state index contributed by atoms with van der Waals surface area (Å²) in [7, 11) is 0. The molecule has 5 aromatic rings. The Morgan fingerprint density at radius 2 is 1.33 bits per heavy atom. The molecular weight excluding hydrogens is 1420 g/mol. The van der Waals surface area contributed by atoms with Gasteiger partial charge in [-0.15, -0.1) is 0 Å². The van der Waals surface area contributed by atoms with E-state index in [9.17, 15) is 79.8 Å². The number of aliphatic hydroxyl groups excluding tert-OH is 6. The number of rotatable bonds is 13. The van der Waals surface area contributed by atoms with Gasteiger partial charge in [0.2, 0.25) is 53.4 Å². The van der Waals surface area contributed by atoms with Gasteiger partial charge in [-0.25, -0.2) is 10.2 Å². The molecule has 2 saturated heterocycles. The fraction of sp³-hybridized carbons (Fsp3) is 0.403. The van der Waals surface area contributed by atoms with Crippen molar-refractivity contribution < 1.29 is 123 Å². The molecular formula is C67H74Cl2N10O25. The molecule has 0 unspecified atom stereocenters. The quantitative estimate of drug-likeness (QED) is 0.0545. The number of benzene rings is 5. The van der Waals surface area contributed by atoms with Crippen LogP contribution in [0.15, 0.2) is 84.0 Å². The molecule has 2 fully saturated rings. The van der Waals surface area contributed by atoms with Crippen molar-refractivity contribution >= 4 is 82.1 Å². The second-order valence-electron chi connectivity index (χ2n) is 26.0. The topological polar surface area (TPSA) is 560 Å². The Morgan fingerprint density at radius 3 is 1.91 bits per heavy atom. The zero-order valence-electron chi connectivity index (χ0n) is 55.6. The lowest BCUT2D eigenvalue weighted by atomic mass is 9.86. The summed E-state index contributed by atoms with van der Waals surface area (Å²) in [6.45, 7) is 6.46. The predicted octanol–water partition coefficient (Wildman–Crippen LogP) is 0.0103. The van der Waals surface area contributed by atoms with Gasteiger partial charge in [-0.2, -0.15) is 5.10 Å². The van der Waals surface area contributed by atoms with Crippen LogP contribution >= 0.6 is 23.2 Å². The second-order valence-corrected chi connectivity index (χ2v) is 26.8. The van der Waals surface area contributed by atoms with Gasteiger partial charge in [0.05, 0.1) is 35.3 Å². The van der Waals surface area contributed by atoms with Crippen molar-refractivity contribution in [3.8, 4) is 57.1 Å². The van der Waals surface area contributed by atoms with Gasteiger partial charge in [-0.05, 0) is 103 Å². The Bertz CT molecular complexity index is 4280. The molecule has 11 bridgehead atoms. The fourth-order valence-corrected chi connectivity index (χ4v) is 12.8. The molecule has 0 radical (unpaired) electrons. The van der Waals surface area contributed by atoms with Crippen LogP contribution in [0.2, 0.25) is 10.0 Å². The number of carbonyl (C=O) groups excluding carboxylic acids is 8. The number of hydrogen-bond donors (Lipinski definition) is 19. The summed E-state index contributed by atoms with van der Waals surface area (Å²) >= 11 is 14.1. The number of hydrazone groups is 1. The summed E-state index contributed by atoms with van der Waals surface area (Å²) in [6, 6.07) is -0.386. The summed E-state index contributed by atoms with van der Waals surface area (Å²) in [5.41, 5.74) is 9.56. The van der Waals surface area contributed by atoms with Crippen molar-refractivity contribution in [2.24, 2.45) is 22.5 Å². The molecule has 8 amide bonds. The van der Waals surface area contributed by atoms with Gasteiger partial charge in [0.15, 0.2) is 29.9 Å². The zero-order valence-corrected chi connectivity index (χ0v) is 57.1. The van der Waals surface area contributed by atoms with Crippen LogP contribution < -0.4 is 63.0 Å². The number of nitrogens with zero attached hydrogens (tertiary/aromatic N) is 1. The molecule has 556 valence electrons. The van der Waals surface area contributed by atoms with Gasteiger partial charge >= 0.3 is 5.97 Å². The maximum absolute atomic E-state index is 16.1. The first-order valence-corrected chi connectivity index (χ1v) is 32.9. The molecule has 35 nitrogen and oxygen atoms in total. The number of phenolic OH excluding ortho intramolecular Hbond substituents is 3. The monoisotopic (exact) mass is 1490 g/mol. The van der Waals surface area contributed by atoms with E-state index in [0.717, 1.165) is 85.8 Å². The molecule has 21 N–H and O–H groups in total. The maximum atomic E-state index is 16.1. The van der Waals surface area contributed by atoms with Crippen molar-refractivity contribution in [1.82, 2.24) is 37.3 Å². The van der Waals surface area contributed by atoms with Crippen LogP contribution in [0.5, 0.6) is 46.0 Å². The molecule has 7 heterocycles. The number of ether oxygens (including phenoxy) is 6. The van der Waals surface area contributed by atoms with Gasteiger partial charge in [0, 0.05) is 41.6 Å². The number of aliphatic hydroxyl groups is 6. The average Bonchev–Trinajstić information content (AvgIpc) is 0.767. The standard InChI is InChI=1S/C67H74Cl2N10O25/c1-23(2)12-36(79-78-25(4)81)60(92)76-50-52(86)27-7-10-39(33(68)14-27)100-41-16-29-17-42(56(41)104-66-57(55(89)54(88)43(22-80)102-66)103-45-21-67(5,71)58(90)24(3)99-45)101-40-11-8-28(15-34(40)69)53(87)51-64(96)75-49(65(97)98)32-18-30(82)19-38(84)46(32)31-13-26(6-9-37(31)83)47(61(93)77-51)74-62(94)48(29)73-59(91)35(20-44(70)85)72-63(50)95/h6-11,13-19,23-24,35,43,45,47-55,57-58,66,80,82-84,86-90H,12,20-22,71H2,1-5H3,(H2,70,85)(H,72,95)(H,73,91)(H,74,94)(H,75,96)(H,76,92)(H,77,93)(H,78,81)(H,97,98)/b79-36+/t24-,35-,43-,45-,47+,48+,49-,50+,51-,52+,53+,54-,55+,57-,58+,66+,67-/m0/s1. The van der Waals surface area contributed by atoms with Crippen LogP contribution in [0, 0.1) is 5.92 Å². The summed E-state index contributed by atoms with van der Waals surface area (Å²) in [6.07, 6.45) is -19.3. The molecule has 17 atom stereocenters. The summed E-state index contributed by atoms with van der Waals surface area (Å²) in [4.78, 5) is 129. The van der Waals surface area contributed by atoms with Gasteiger partial charge in [0.1, 0.15) is 95.2 Å². The third-order valence-corrected chi connectivity index (χ3v) is 18.2. The molecule has 0 aliphatic carbocycles. The average molecular weight is 1490 g/mol. The van der Waals surface area contributed by atoms with Crippen molar-refractivity contribution in [2.75, 3.05) is 6.61 Å². The third-order valence-electron chi connectivity index (χ3n) is 17.6. The summed E-state index contributed by atoms with van der Waals surface area (Å²) in [5, 5.41) is 131. The number of carbonyl (C=O) groups is 9. The van der Waals surface area contributed by atoms with E-state index < -0.39 is 248 Å². The van der Waals surface area contributed by atoms with Gasteiger partial charge in [-0.3, -0.25) is 38.4 Å². The highest BCUT2D eigenvalue weighted by Gasteiger charge is 2.51. The van der Waals surface area contributed by atoms with Gasteiger partial charge < -0.3 is 123 Å². The van der Waals surface area contributed by atoms with E-state index >= 15 is 14.4 Å². The lowest BCUT2D eigenvalue weighted by Crippen LogP contribution is -2.64. The minimum Gasteiger partial charge on any atom is -0.508 e. The molecule has 5 aromatic carbocycles. The van der Waals surface area contributed by atoms with Crippen molar-refractivity contribution in [3.05, 3.63) is 117 Å². The molecule has 104 heavy (non-hydrogen) atoms. The Balaban J connectivity index is 1.24. The van der Waals surface area contributed by atoms with Gasteiger partial charge in [-0.1, -0.05) is 55.2 Å². The van der Waals surface area contributed by atoms with E-state index in [2.05, 4.69) is 42.4 Å². The van der Waals surface area contributed by atoms with E-state index in [-0.39, 0.29) is 41.2 Å². The van der Waals surface area contributed by atoms with E-state index in [1.165, 1.54) is 13.8 Å². The Morgan fingerprint density at radius 1 is 0.721 bits per heavy atom. The summed E-state index contributed by atoms with van der Waals surface area (Å²) in [5.74, 6) is -17.7. The number of fused-ring (bicyclic) bond motifs is 15. The first-order valence-electron chi connectivity index (χ1n) is 32.1. The van der Waals surface area contributed by atoms with Crippen LogP contribution in [0.25, 0.3) is 11.1 Å². The van der Waals surface area contributed by atoms with Crippen LogP contribution in [0.1, 0.15) is 112 Å². The van der Waals surface area contributed by atoms with Crippen molar-refractivity contribution in [3.63, 3.8) is 0 Å². The number of carboxylic acids is 1. The molecule has 12 rings (SSSR count). The smallest absolute Gasteiger partial charge is 0.330 e. The van der Waals surface area contributed by atoms with Crippen molar-refractivity contribution in [1.29, 1.82) is 0 Å². The highest BCUT2D eigenvalue weighted by Crippen LogP contribution is 2.50. The highest BCUT2D eigenvalue weighted by molar-refractivity contribution is 6.39. The van der Waals surface area contributed by atoms with Crippen LogP contribution in [-0.4, -0.2) is 189 Å². The lowest BCUT2D eigenvalue weighted by Gasteiger charge is -2.47. The molecule has 0 saturated carbocycles. The van der Waals surface area contributed by atoms with E-state index in [1.54, 1.807) is 13.8 Å². The van der Waals surface area contributed by atoms with Crippen LogP contribution in [0.4, 0.5) is 0 Å². The lowest BCUT2D eigenvalue weighted by molar-refractivity contribution is -0.333. The largest absolute Gasteiger partial charge is 0.508 e. The number of amides is 8. The second kappa shape index (κ2) is 31.1. The number of aliphatic carboxylic acids is 1. The number of phenols is 3. The Hall–Kier alpha value is -10.0. The number of halogens is 2. The Labute approximate surface area is 599 Å². The minimum atomic E-state index is -2.39. The predicted molar refractivity (Wildman–Crippen MR) is 358 cm³/mol. The molecule has 7 aliphatic rings. The SMILES string of the molecule is CC(=O)N/N=C(\CC(C)C)C(=O)N[C@H]1C(=O)N[C@@H](CC(N)=O)C(=O)N[C@H]2C(=O)N[C@H]3C(=O)N[C@H](C(=O)N[C@H](C(=O)O)c4cc(O)cc(O)c4-c4cc3ccc4O)[C@H](O)c3ccc(c(Cl)c3)Oc3cc2cc(c3O[C@H]2O[C@@H](CO)[C@H](O)[C@@H](O)[C@@H]2O[C@H]2C[C@](C)(N)[C@H](O)[C@H](C)O2)Oc2ccc(cc2Cl)[C@H]1O. The number of primary amides is 1. The molecule has 0 aromatic heterocycles. The minimum absolute atomic E-state index is 0.134. The van der Waals surface area contributed by atoms with E-state index in [1.807, 2.05) is 0 Å². The number of aromatic hydroxyl groups is 3. The number of nitrogens with one attached hydrogen (secondary N) is 7. The summed E-state index contributed by atoms with van der Waals surface area (Å²) < 4.78 is 38.3. The van der Waals surface area contributed by atoms with E-state index in [0.29, 0.717) is 0 Å². The van der Waals surface area contributed by atoms with E-state index in [4.69, 9.17) is 63.1 Å². The number of nitrogens with two attached hydrogens (primary N) is 2. The fourth-order valence-electron chi connectivity index (χ4n) is 12.4. The molecule has 0 spiro atoms. The first-order chi connectivity index (χ1) is 49.0. The highest BCUT2D eigenvalue weighted by atomic mass is 35.5. The Kier molecular flexibility index (Phi) is 22.9. The zero-order chi connectivity index (χ0) is 75.8. The normalized spacial score (nSPS) is 28.7. The van der Waals surface area contributed by atoms with Crippen LogP contribution in [-0.2, 0) is 57.4 Å². The van der Waals surface area contributed by atoms with Crippen LogP contribution in [0.3, 0.4) is 0 Å². The van der Waals surface area contributed by atoms with Crippen molar-refractivity contribution in [2.45, 2.75) is 157 Å².